The second-order valence-electron chi connectivity index (χ2n) is 5.49. The van der Waals surface area contributed by atoms with Crippen LogP contribution in [0.25, 0.3) is 0 Å². The van der Waals surface area contributed by atoms with E-state index in [1.54, 1.807) is 50.2 Å². The van der Waals surface area contributed by atoms with E-state index < -0.39 is 17.4 Å². The van der Waals surface area contributed by atoms with Gasteiger partial charge in [0.1, 0.15) is 11.5 Å². The number of para-hydroxylation sites is 1. The SMILES string of the molecule is CC(C)(Oc1ccc(Cl)cc1)C(=O)NNC(=O)c1ccccc1O. The molecule has 0 aromatic heterocycles. The van der Waals surface area contributed by atoms with Crippen LogP contribution in [0.2, 0.25) is 5.02 Å². The van der Waals surface area contributed by atoms with E-state index in [0.717, 1.165) is 0 Å². The number of hydrazine groups is 1. The van der Waals surface area contributed by atoms with Gasteiger partial charge in [-0.15, -0.1) is 0 Å². The number of halogens is 1. The summed E-state index contributed by atoms with van der Waals surface area (Å²) in [7, 11) is 0. The number of rotatable bonds is 4. The lowest BCUT2D eigenvalue weighted by Gasteiger charge is -2.25. The maximum Gasteiger partial charge on any atom is 0.281 e. The predicted molar refractivity (Wildman–Crippen MR) is 89.9 cm³/mol. The molecule has 0 radical (unpaired) electrons. The highest BCUT2D eigenvalue weighted by atomic mass is 35.5. The Morgan fingerprint density at radius 1 is 1.04 bits per heavy atom. The molecule has 2 rings (SSSR count). The van der Waals surface area contributed by atoms with Gasteiger partial charge in [0.2, 0.25) is 0 Å². The largest absolute Gasteiger partial charge is 0.507 e. The average molecular weight is 349 g/mol. The van der Waals surface area contributed by atoms with Crippen LogP contribution in [0.3, 0.4) is 0 Å². The van der Waals surface area contributed by atoms with E-state index in [9.17, 15) is 14.7 Å². The summed E-state index contributed by atoms with van der Waals surface area (Å²) in [6.45, 7) is 3.12. The van der Waals surface area contributed by atoms with Gasteiger partial charge in [0.25, 0.3) is 11.8 Å². The molecule has 0 spiro atoms. The third kappa shape index (κ3) is 4.39. The van der Waals surface area contributed by atoms with Gasteiger partial charge in [-0.25, -0.2) is 0 Å². The lowest BCUT2D eigenvalue weighted by Crippen LogP contribution is -2.53. The van der Waals surface area contributed by atoms with Crippen LogP contribution in [-0.2, 0) is 4.79 Å². The van der Waals surface area contributed by atoms with E-state index in [-0.39, 0.29) is 11.3 Å². The molecule has 24 heavy (non-hydrogen) atoms. The van der Waals surface area contributed by atoms with Crippen LogP contribution in [-0.4, -0.2) is 22.5 Å². The molecule has 0 heterocycles. The van der Waals surface area contributed by atoms with Gasteiger partial charge in [-0.3, -0.25) is 20.4 Å². The minimum Gasteiger partial charge on any atom is -0.507 e. The van der Waals surface area contributed by atoms with E-state index in [4.69, 9.17) is 16.3 Å². The van der Waals surface area contributed by atoms with Crippen LogP contribution in [0.1, 0.15) is 24.2 Å². The van der Waals surface area contributed by atoms with Crippen LogP contribution in [0.5, 0.6) is 11.5 Å². The predicted octanol–water partition coefficient (Wildman–Crippen LogP) is 2.66. The molecule has 0 aliphatic carbocycles. The smallest absolute Gasteiger partial charge is 0.281 e. The zero-order chi connectivity index (χ0) is 17.7. The number of aromatic hydroxyl groups is 1. The Morgan fingerprint density at radius 2 is 1.67 bits per heavy atom. The summed E-state index contributed by atoms with van der Waals surface area (Å²) >= 11 is 5.80. The van der Waals surface area contributed by atoms with Crippen LogP contribution in [0.4, 0.5) is 0 Å². The highest BCUT2D eigenvalue weighted by Crippen LogP contribution is 2.21. The third-order valence-corrected chi connectivity index (χ3v) is 3.42. The fraction of sp³-hybridized carbons (Fsp3) is 0.176. The lowest BCUT2D eigenvalue weighted by atomic mass is 10.1. The van der Waals surface area contributed by atoms with Crippen molar-refractivity contribution in [1.82, 2.24) is 10.9 Å². The summed E-state index contributed by atoms with van der Waals surface area (Å²) in [5, 5.41) is 10.2. The Labute approximate surface area is 144 Å². The normalized spacial score (nSPS) is 10.8. The first-order chi connectivity index (χ1) is 11.3. The Kier molecular flexibility index (Phi) is 5.31. The van der Waals surface area contributed by atoms with Crippen molar-refractivity contribution >= 4 is 23.4 Å². The first-order valence-electron chi connectivity index (χ1n) is 7.13. The number of hydrogen-bond acceptors (Lipinski definition) is 4. The average Bonchev–Trinajstić information content (AvgIpc) is 2.54. The van der Waals surface area contributed by atoms with Crippen molar-refractivity contribution in [3.05, 3.63) is 59.1 Å². The maximum atomic E-state index is 12.2. The highest BCUT2D eigenvalue weighted by molar-refractivity contribution is 6.30. The van der Waals surface area contributed by atoms with Crippen LogP contribution >= 0.6 is 11.6 Å². The van der Waals surface area contributed by atoms with Crippen LogP contribution < -0.4 is 15.6 Å². The summed E-state index contributed by atoms with van der Waals surface area (Å²) in [5.74, 6) is -0.905. The number of nitrogens with one attached hydrogen (secondary N) is 2. The summed E-state index contributed by atoms with van der Waals surface area (Å²) in [5.41, 5.74) is 3.33. The molecule has 0 aliphatic heterocycles. The van der Waals surface area contributed by atoms with Gasteiger partial charge in [0, 0.05) is 5.02 Å². The molecule has 2 amide bonds. The van der Waals surface area contributed by atoms with Crippen molar-refractivity contribution in [2.45, 2.75) is 19.4 Å². The van der Waals surface area contributed by atoms with Gasteiger partial charge >= 0.3 is 0 Å². The highest BCUT2D eigenvalue weighted by Gasteiger charge is 2.30. The topological polar surface area (TPSA) is 87.7 Å². The second-order valence-corrected chi connectivity index (χ2v) is 5.93. The number of amides is 2. The standard InChI is InChI=1S/C17H17ClN2O4/c1-17(2,24-12-9-7-11(18)8-10-12)16(23)20-19-15(22)13-5-3-4-6-14(13)21/h3-10,21H,1-2H3,(H,19,22)(H,20,23). The Balaban J connectivity index is 1.96. The first kappa shape index (κ1) is 17.6. The molecule has 2 aromatic carbocycles. The van der Waals surface area contributed by atoms with Crippen molar-refractivity contribution in [1.29, 1.82) is 0 Å². The quantitative estimate of drug-likeness (QED) is 0.741. The number of carbonyl (C=O) groups excluding carboxylic acids is 2. The summed E-state index contributed by atoms with van der Waals surface area (Å²) in [6, 6.07) is 12.6. The Bertz CT molecular complexity index is 745. The molecule has 126 valence electrons. The van der Waals surface area contributed by atoms with Gasteiger partial charge in [0.15, 0.2) is 5.60 Å². The van der Waals surface area contributed by atoms with E-state index in [0.29, 0.717) is 10.8 Å². The second kappa shape index (κ2) is 7.23. The maximum absolute atomic E-state index is 12.2. The molecule has 0 aliphatic rings. The Hall–Kier alpha value is -2.73. The molecule has 7 heteroatoms. The van der Waals surface area contributed by atoms with Crippen molar-refractivity contribution in [3.63, 3.8) is 0 Å². The van der Waals surface area contributed by atoms with E-state index in [2.05, 4.69) is 10.9 Å². The zero-order valence-electron chi connectivity index (χ0n) is 13.2. The number of phenols is 1. The molecular formula is C17H17ClN2O4. The fourth-order valence-corrected chi connectivity index (χ4v) is 1.97. The van der Waals surface area contributed by atoms with Crippen molar-refractivity contribution in [2.75, 3.05) is 0 Å². The van der Waals surface area contributed by atoms with Gasteiger partial charge in [-0.2, -0.15) is 0 Å². The number of phenolic OH excluding ortho intramolecular Hbond substituents is 1. The minimum absolute atomic E-state index is 0.0502. The first-order valence-corrected chi connectivity index (χ1v) is 7.51. The summed E-state index contributed by atoms with van der Waals surface area (Å²) in [4.78, 5) is 24.2. The molecule has 0 bridgehead atoms. The van der Waals surface area contributed by atoms with E-state index in [1.807, 2.05) is 0 Å². The van der Waals surface area contributed by atoms with E-state index in [1.165, 1.54) is 12.1 Å². The third-order valence-electron chi connectivity index (χ3n) is 3.17. The Morgan fingerprint density at radius 3 is 2.29 bits per heavy atom. The van der Waals surface area contributed by atoms with E-state index >= 15 is 0 Å². The molecule has 0 unspecified atom stereocenters. The van der Waals surface area contributed by atoms with Crippen LogP contribution in [0.15, 0.2) is 48.5 Å². The molecule has 0 fully saturated rings. The van der Waals surface area contributed by atoms with Crippen LogP contribution in [0, 0.1) is 0 Å². The number of ether oxygens (including phenoxy) is 1. The monoisotopic (exact) mass is 348 g/mol. The molecule has 6 nitrogen and oxygen atoms in total. The van der Waals surface area contributed by atoms with Gasteiger partial charge in [-0.1, -0.05) is 23.7 Å². The number of carbonyl (C=O) groups is 2. The van der Waals surface area contributed by atoms with Crippen molar-refractivity contribution < 1.29 is 19.4 Å². The fourth-order valence-electron chi connectivity index (χ4n) is 1.84. The minimum atomic E-state index is -1.24. The van der Waals surface area contributed by atoms with Crippen molar-refractivity contribution in [2.24, 2.45) is 0 Å². The molecule has 3 N–H and O–H groups in total. The zero-order valence-corrected chi connectivity index (χ0v) is 13.9. The summed E-state index contributed by atoms with van der Waals surface area (Å²) < 4.78 is 5.61. The lowest BCUT2D eigenvalue weighted by molar-refractivity contribution is -0.135. The van der Waals surface area contributed by atoms with Gasteiger partial charge < -0.3 is 9.84 Å². The van der Waals surface area contributed by atoms with Crippen molar-refractivity contribution in [3.8, 4) is 11.5 Å². The summed E-state index contributed by atoms with van der Waals surface area (Å²) in [6.07, 6.45) is 0. The van der Waals surface area contributed by atoms with Gasteiger partial charge in [-0.05, 0) is 50.2 Å². The molecule has 2 aromatic rings. The molecular weight excluding hydrogens is 332 g/mol. The van der Waals surface area contributed by atoms with Gasteiger partial charge in [0.05, 0.1) is 5.56 Å². The molecule has 0 saturated heterocycles. The number of benzene rings is 2. The number of hydrogen-bond donors (Lipinski definition) is 3. The molecule has 0 atom stereocenters. The molecule has 0 saturated carbocycles.